The van der Waals surface area contributed by atoms with Crippen molar-refractivity contribution in [3.8, 4) is 11.5 Å². The minimum absolute atomic E-state index is 0.00827. The molecular formula is C19H22BrNO3. The Balaban J connectivity index is 1.84. The van der Waals surface area contributed by atoms with E-state index in [1.54, 1.807) is 0 Å². The number of nitrogens with one attached hydrogen (secondary N) is 1. The monoisotopic (exact) mass is 391 g/mol. The van der Waals surface area contributed by atoms with Crippen molar-refractivity contribution in [1.29, 1.82) is 0 Å². The minimum atomic E-state index is -0.157. The first-order valence-corrected chi connectivity index (χ1v) is 8.67. The first kappa shape index (κ1) is 18.3. The summed E-state index contributed by atoms with van der Waals surface area (Å²) in [5.74, 6) is 1.35. The van der Waals surface area contributed by atoms with Gasteiger partial charge in [-0.25, -0.2) is 0 Å². The van der Waals surface area contributed by atoms with Gasteiger partial charge in [0.2, 0.25) is 0 Å². The molecule has 1 amide bonds. The molecule has 0 spiro atoms. The zero-order chi connectivity index (χ0) is 17.5. The molecule has 2 rings (SSSR count). The highest BCUT2D eigenvalue weighted by molar-refractivity contribution is 9.10. The number of ether oxygens (including phenoxy) is 2. The number of hydrogen-bond donors (Lipinski definition) is 1. The predicted molar refractivity (Wildman–Crippen MR) is 98.6 cm³/mol. The second-order valence-corrected chi connectivity index (χ2v) is 6.31. The zero-order valence-corrected chi connectivity index (χ0v) is 15.8. The fourth-order valence-corrected chi connectivity index (χ4v) is 2.53. The Morgan fingerprint density at radius 3 is 2.46 bits per heavy atom. The summed E-state index contributed by atoms with van der Waals surface area (Å²) in [6, 6.07) is 11.5. The summed E-state index contributed by atoms with van der Waals surface area (Å²) >= 11 is 3.52. The van der Waals surface area contributed by atoms with Crippen molar-refractivity contribution in [2.45, 2.75) is 27.3 Å². The van der Waals surface area contributed by atoms with Crippen LogP contribution in [-0.4, -0.2) is 19.1 Å². The molecule has 0 bridgehead atoms. The van der Waals surface area contributed by atoms with E-state index < -0.39 is 0 Å². The maximum Gasteiger partial charge on any atom is 0.258 e. The summed E-state index contributed by atoms with van der Waals surface area (Å²) in [6.45, 7) is 6.99. The molecule has 2 aromatic rings. The molecule has 1 N–H and O–H groups in total. The third-order valence-electron chi connectivity index (χ3n) is 3.48. The van der Waals surface area contributed by atoms with Gasteiger partial charge in [0.1, 0.15) is 11.5 Å². The highest BCUT2D eigenvalue weighted by Crippen LogP contribution is 2.26. The second kappa shape index (κ2) is 8.73. The number of rotatable bonds is 7. The molecule has 4 nitrogen and oxygen atoms in total. The number of carbonyl (C=O) groups excluding carboxylic acids is 1. The lowest BCUT2D eigenvalue weighted by molar-refractivity contribution is -0.123. The van der Waals surface area contributed by atoms with E-state index in [0.29, 0.717) is 18.9 Å². The van der Waals surface area contributed by atoms with Crippen LogP contribution in [-0.2, 0) is 11.3 Å². The van der Waals surface area contributed by atoms with Gasteiger partial charge < -0.3 is 14.8 Å². The lowest BCUT2D eigenvalue weighted by atomic mass is 10.1. The topological polar surface area (TPSA) is 47.6 Å². The van der Waals surface area contributed by atoms with E-state index in [9.17, 15) is 4.79 Å². The zero-order valence-electron chi connectivity index (χ0n) is 14.2. The second-order valence-electron chi connectivity index (χ2n) is 5.52. The molecule has 0 atom stereocenters. The Bertz CT molecular complexity index is 693. The lowest BCUT2D eigenvalue weighted by Crippen LogP contribution is -2.28. The van der Waals surface area contributed by atoms with Gasteiger partial charge in [0, 0.05) is 11.0 Å². The van der Waals surface area contributed by atoms with E-state index in [1.807, 2.05) is 57.2 Å². The molecule has 0 aliphatic heterocycles. The summed E-state index contributed by atoms with van der Waals surface area (Å²) in [4.78, 5) is 12.0. The van der Waals surface area contributed by atoms with Gasteiger partial charge >= 0.3 is 0 Å². The summed E-state index contributed by atoms with van der Waals surface area (Å²) in [5, 5.41) is 2.85. The number of amides is 1. The summed E-state index contributed by atoms with van der Waals surface area (Å²) in [5.41, 5.74) is 3.15. The van der Waals surface area contributed by atoms with Gasteiger partial charge in [-0.1, -0.05) is 28.1 Å². The van der Waals surface area contributed by atoms with Crippen molar-refractivity contribution in [3.63, 3.8) is 0 Å². The van der Waals surface area contributed by atoms with E-state index in [4.69, 9.17) is 9.47 Å². The van der Waals surface area contributed by atoms with E-state index in [0.717, 1.165) is 26.9 Å². The Kier molecular flexibility index (Phi) is 6.67. The molecule has 24 heavy (non-hydrogen) atoms. The van der Waals surface area contributed by atoms with Gasteiger partial charge in [0.25, 0.3) is 5.91 Å². The molecule has 0 aliphatic carbocycles. The molecule has 0 aromatic heterocycles. The molecule has 5 heteroatoms. The van der Waals surface area contributed by atoms with Crippen LogP contribution in [0.1, 0.15) is 23.6 Å². The van der Waals surface area contributed by atoms with Gasteiger partial charge in [0.15, 0.2) is 6.61 Å². The SMILES string of the molecule is CCOc1cccc(CNC(=O)COc2cc(C)c(Br)c(C)c2)c1. The van der Waals surface area contributed by atoms with Crippen LogP contribution >= 0.6 is 15.9 Å². The molecule has 0 unspecified atom stereocenters. The maximum absolute atomic E-state index is 12.0. The van der Waals surface area contributed by atoms with Crippen LogP contribution in [0.3, 0.4) is 0 Å². The molecule has 0 aliphatic rings. The average molecular weight is 392 g/mol. The first-order valence-electron chi connectivity index (χ1n) is 7.87. The lowest BCUT2D eigenvalue weighted by Gasteiger charge is -2.11. The number of hydrogen-bond acceptors (Lipinski definition) is 3. The summed E-state index contributed by atoms with van der Waals surface area (Å²) in [6.07, 6.45) is 0. The molecule has 0 fully saturated rings. The van der Waals surface area contributed by atoms with Crippen LogP contribution < -0.4 is 14.8 Å². The molecular weight excluding hydrogens is 370 g/mol. The van der Waals surface area contributed by atoms with Crippen LogP contribution in [0.2, 0.25) is 0 Å². The van der Waals surface area contributed by atoms with Crippen LogP contribution in [0.5, 0.6) is 11.5 Å². The third kappa shape index (κ3) is 5.27. The van der Waals surface area contributed by atoms with Crippen LogP contribution in [0.25, 0.3) is 0 Å². The summed E-state index contributed by atoms with van der Waals surface area (Å²) < 4.78 is 12.1. The molecule has 0 saturated heterocycles. The summed E-state index contributed by atoms with van der Waals surface area (Å²) in [7, 11) is 0. The van der Waals surface area contributed by atoms with Crippen molar-refractivity contribution in [3.05, 3.63) is 57.6 Å². The van der Waals surface area contributed by atoms with E-state index >= 15 is 0 Å². The van der Waals surface area contributed by atoms with Crippen molar-refractivity contribution < 1.29 is 14.3 Å². The molecule has 2 aromatic carbocycles. The smallest absolute Gasteiger partial charge is 0.258 e. The van der Waals surface area contributed by atoms with Gasteiger partial charge in [-0.2, -0.15) is 0 Å². The quantitative estimate of drug-likeness (QED) is 0.770. The highest BCUT2D eigenvalue weighted by Gasteiger charge is 2.06. The molecule has 0 saturated carbocycles. The van der Waals surface area contributed by atoms with Gasteiger partial charge in [-0.3, -0.25) is 4.79 Å². The molecule has 128 valence electrons. The number of benzene rings is 2. The van der Waals surface area contributed by atoms with Crippen molar-refractivity contribution in [1.82, 2.24) is 5.32 Å². The Morgan fingerprint density at radius 2 is 1.79 bits per heavy atom. The number of carbonyl (C=O) groups is 1. The Labute approximate surface area is 151 Å². The molecule has 0 heterocycles. The van der Waals surface area contributed by atoms with Crippen molar-refractivity contribution in [2.24, 2.45) is 0 Å². The molecule has 0 radical (unpaired) electrons. The number of aryl methyl sites for hydroxylation is 2. The van der Waals surface area contributed by atoms with E-state index in [1.165, 1.54) is 0 Å². The van der Waals surface area contributed by atoms with Crippen molar-refractivity contribution >= 4 is 21.8 Å². The first-order chi connectivity index (χ1) is 11.5. The van der Waals surface area contributed by atoms with Crippen LogP contribution in [0.4, 0.5) is 0 Å². The normalized spacial score (nSPS) is 10.3. The standard InChI is InChI=1S/C19H22BrNO3/c1-4-23-16-7-5-6-15(10-16)11-21-18(22)12-24-17-8-13(2)19(20)14(3)9-17/h5-10H,4,11-12H2,1-3H3,(H,21,22). The van der Waals surface area contributed by atoms with Crippen LogP contribution in [0, 0.1) is 13.8 Å². The van der Waals surface area contributed by atoms with Crippen molar-refractivity contribution in [2.75, 3.05) is 13.2 Å². The Morgan fingerprint density at radius 1 is 1.08 bits per heavy atom. The highest BCUT2D eigenvalue weighted by atomic mass is 79.9. The predicted octanol–water partition coefficient (Wildman–Crippen LogP) is 4.16. The number of halogens is 1. The fourth-order valence-electron chi connectivity index (χ4n) is 2.30. The third-order valence-corrected chi connectivity index (χ3v) is 4.73. The Hall–Kier alpha value is -2.01. The van der Waals surface area contributed by atoms with E-state index in [-0.39, 0.29) is 12.5 Å². The van der Waals surface area contributed by atoms with Gasteiger partial charge in [-0.15, -0.1) is 0 Å². The fraction of sp³-hybridized carbons (Fsp3) is 0.316. The van der Waals surface area contributed by atoms with E-state index in [2.05, 4.69) is 21.2 Å². The minimum Gasteiger partial charge on any atom is -0.494 e. The largest absolute Gasteiger partial charge is 0.494 e. The maximum atomic E-state index is 12.0. The van der Waals surface area contributed by atoms with Gasteiger partial charge in [-0.05, 0) is 61.7 Å². The van der Waals surface area contributed by atoms with Gasteiger partial charge in [0.05, 0.1) is 6.61 Å². The average Bonchev–Trinajstić information content (AvgIpc) is 2.56. The van der Waals surface area contributed by atoms with Crippen LogP contribution in [0.15, 0.2) is 40.9 Å².